The molecule has 2 aliphatic heterocycles. The number of hydrogen-bond donors (Lipinski definition) is 1. The monoisotopic (exact) mass is 385 g/mol. The predicted octanol–water partition coefficient (Wildman–Crippen LogP) is 2.79. The molecule has 148 valence electrons. The van der Waals surface area contributed by atoms with Crippen LogP contribution in [0.1, 0.15) is 52.9 Å². The minimum atomic E-state index is -0.396. The summed E-state index contributed by atoms with van der Waals surface area (Å²) < 4.78 is 15.0. The highest BCUT2D eigenvalue weighted by molar-refractivity contribution is 6.06. The van der Waals surface area contributed by atoms with Crippen LogP contribution >= 0.6 is 0 Å². The van der Waals surface area contributed by atoms with E-state index in [0.717, 1.165) is 11.3 Å². The van der Waals surface area contributed by atoms with Crippen molar-refractivity contribution in [2.75, 3.05) is 13.1 Å². The third-order valence-electron chi connectivity index (χ3n) is 5.79. The SMILES string of the molecule is CCN1C(=O)c2c(O)c3c(n2CC1(C)C)CCN(Cc1ccc(F)cc1)C3=O. The average molecular weight is 385 g/mol. The van der Waals surface area contributed by atoms with Crippen LogP contribution in [0, 0.1) is 5.82 Å². The molecule has 2 aliphatic rings. The van der Waals surface area contributed by atoms with E-state index in [-0.39, 0.29) is 34.6 Å². The molecule has 0 aliphatic carbocycles. The molecule has 0 unspecified atom stereocenters. The van der Waals surface area contributed by atoms with Crippen molar-refractivity contribution < 1.29 is 19.1 Å². The van der Waals surface area contributed by atoms with E-state index in [2.05, 4.69) is 0 Å². The standard InChI is InChI=1S/C21H24FN3O3/c1-4-25-20(28)17-18(26)16-15(24(17)12-21(25,2)3)9-10-23(19(16)27)11-13-5-7-14(22)8-6-13/h5-8,26H,4,9-12H2,1-3H3. The zero-order valence-electron chi connectivity index (χ0n) is 16.3. The summed E-state index contributed by atoms with van der Waals surface area (Å²) in [6.07, 6.45) is 0.561. The number of benzene rings is 1. The van der Waals surface area contributed by atoms with Gasteiger partial charge in [0.2, 0.25) is 0 Å². The Morgan fingerprint density at radius 3 is 2.46 bits per heavy atom. The number of hydrogen-bond acceptors (Lipinski definition) is 3. The second kappa shape index (κ2) is 6.36. The first kappa shape index (κ1) is 18.5. The minimum absolute atomic E-state index is 0.211. The van der Waals surface area contributed by atoms with Gasteiger partial charge in [-0.25, -0.2) is 4.39 Å². The van der Waals surface area contributed by atoms with Crippen LogP contribution in [0.5, 0.6) is 5.75 Å². The van der Waals surface area contributed by atoms with E-state index >= 15 is 0 Å². The summed E-state index contributed by atoms with van der Waals surface area (Å²) in [4.78, 5) is 29.5. The van der Waals surface area contributed by atoms with E-state index in [0.29, 0.717) is 32.6 Å². The maximum absolute atomic E-state index is 13.1. The van der Waals surface area contributed by atoms with Gasteiger partial charge >= 0.3 is 0 Å². The number of aromatic hydroxyl groups is 1. The van der Waals surface area contributed by atoms with Gasteiger partial charge in [-0.2, -0.15) is 0 Å². The Labute approximate surface area is 163 Å². The van der Waals surface area contributed by atoms with Crippen LogP contribution in [0.15, 0.2) is 24.3 Å². The lowest BCUT2D eigenvalue weighted by molar-refractivity contribution is 0.0427. The first-order valence-electron chi connectivity index (χ1n) is 9.54. The molecule has 3 heterocycles. The maximum Gasteiger partial charge on any atom is 0.274 e. The highest BCUT2D eigenvalue weighted by atomic mass is 19.1. The normalized spacial score (nSPS) is 18.3. The predicted molar refractivity (Wildman–Crippen MR) is 102 cm³/mol. The smallest absolute Gasteiger partial charge is 0.274 e. The summed E-state index contributed by atoms with van der Waals surface area (Å²) in [5, 5.41) is 10.8. The van der Waals surface area contributed by atoms with Crippen LogP contribution < -0.4 is 0 Å². The molecule has 1 aromatic carbocycles. The van der Waals surface area contributed by atoms with Gasteiger partial charge < -0.3 is 19.5 Å². The van der Waals surface area contributed by atoms with Crippen molar-refractivity contribution in [2.45, 2.75) is 45.8 Å². The van der Waals surface area contributed by atoms with Crippen molar-refractivity contribution in [1.29, 1.82) is 0 Å². The van der Waals surface area contributed by atoms with E-state index in [1.165, 1.54) is 12.1 Å². The van der Waals surface area contributed by atoms with Gasteiger partial charge in [0.1, 0.15) is 11.4 Å². The Kier molecular flexibility index (Phi) is 4.21. The van der Waals surface area contributed by atoms with Gasteiger partial charge in [-0.15, -0.1) is 0 Å². The zero-order valence-corrected chi connectivity index (χ0v) is 16.3. The van der Waals surface area contributed by atoms with Crippen molar-refractivity contribution in [3.63, 3.8) is 0 Å². The van der Waals surface area contributed by atoms with Crippen LogP contribution in [-0.4, -0.2) is 49.9 Å². The molecule has 0 bridgehead atoms. The van der Waals surface area contributed by atoms with Crippen molar-refractivity contribution in [3.05, 3.63) is 52.6 Å². The summed E-state index contributed by atoms with van der Waals surface area (Å²) >= 11 is 0. The number of nitrogens with zero attached hydrogens (tertiary/aromatic N) is 3. The molecule has 0 atom stereocenters. The fourth-order valence-corrected chi connectivity index (χ4v) is 4.44. The second-order valence-corrected chi connectivity index (χ2v) is 8.07. The van der Waals surface area contributed by atoms with Gasteiger partial charge in [0.25, 0.3) is 11.8 Å². The third kappa shape index (κ3) is 2.68. The third-order valence-corrected chi connectivity index (χ3v) is 5.79. The molecule has 2 aromatic rings. The molecule has 0 spiro atoms. The summed E-state index contributed by atoms with van der Waals surface area (Å²) in [5.74, 6) is -1.08. The van der Waals surface area contributed by atoms with Gasteiger partial charge in [0.15, 0.2) is 11.4 Å². The summed E-state index contributed by atoms with van der Waals surface area (Å²) in [5.41, 5.74) is 1.58. The number of carbonyl (C=O) groups excluding carboxylic acids is 2. The summed E-state index contributed by atoms with van der Waals surface area (Å²) in [7, 11) is 0. The van der Waals surface area contributed by atoms with E-state index in [9.17, 15) is 19.1 Å². The number of rotatable bonds is 3. The molecule has 28 heavy (non-hydrogen) atoms. The largest absolute Gasteiger partial charge is 0.505 e. The Morgan fingerprint density at radius 2 is 1.82 bits per heavy atom. The number of halogens is 1. The highest BCUT2D eigenvalue weighted by Gasteiger charge is 2.44. The molecule has 6 nitrogen and oxygen atoms in total. The van der Waals surface area contributed by atoms with Gasteiger partial charge in [0, 0.05) is 38.3 Å². The number of carbonyl (C=O) groups is 2. The topological polar surface area (TPSA) is 65.8 Å². The van der Waals surface area contributed by atoms with E-state index < -0.39 is 5.54 Å². The molecule has 7 heteroatoms. The van der Waals surface area contributed by atoms with Gasteiger partial charge in [-0.3, -0.25) is 9.59 Å². The van der Waals surface area contributed by atoms with Crippen molar-refractivity contribution >= 4 is 11.8 Å². The lowest BCUT2D eigenvalue weighted by Crippen LogP contribution is -2.54. The van der Waals surface area contributed by atoms with Crippen LogP contribution in [0.3, 0.4) is 0 Å². The van der Waals surface area contributed by atoms with E-state index in [1.807, 2.05) is 25.3 Å². The molecular weight excluding hydrogens is 361 g/mol. The molecule has 0 fully saturated rings. The van der Waals surface area contributed by atoms with Crippen LogP contribution in [-0.2, 0) is 19.5 Å². The molecule has 0 saturated carbocycles. The summed E-state index contributed by atoms with van der Waals surface area (Å²) in [6.45, 7) is 7.78. The quantitative estimate of drug-likeness (QED) is 0.884. The molecule has 1 aromatic heterocycles. The van der Waals surface area contributed by atoms with Crippen molar-refractivity contribution in [1.82, 2.24) is 14.4 Å². The van der Waals surface area contributed by atoms with Crippen LogP contribution in [0.25, 0.3) is 0 Å². The van der Waals surface area contributed by atoms with E-state index in [4.69, 9.17) is 0 Å². The van der Waals surface area contributed by atoms with Crippen LogP contribution in [0.2, 0.25) is 0 Å². The Bertz CT molecular complexity index is 962. The fourth-order valence-electron chi connectivity index (χ4n) is 4.44. The average Bonchev–Trinajstić information content (AvgIpc) is 2.91. The Hall–Kier alpha value is -2.83. The number of amides is 2. The first-order valence-corrected chi connectivity index (χ1v) is 9.54. The molecule has 0 saturated heterocycles. The molecule has 2 amide bonds. The number of fused-ring (bicyclic) bond motifs is 3. The Balaban J connectivity index is 1.71. The molecule has 4 rings (SSSR count). The zero-order chi connectivity index (χ0) is 20.2. The van der Waals surface area contributed by atoms with Gasteiger partial charge in [0.05, 0.1) is 5.54 Å². The molecule has 1 N–H and O–H groups in total. The molecular formula is C21H24FN3O3. The van der Waals surface area contributed by atoms with Gasteiger partial charge in [-0.05, 0) is 38.5 Å². The number of likely N-dealkylation sites (N-methyl/N-ethyl adjacent to an activating group) is 1. The summed E-state index contributed by atoms with van der Waals surface area (Å²) in [6, 6.07) is 6.02. The van der Waals surface area contributed by atoms with E-state index in [1.54, 1.807) is 21.9 Å². The second-order valence-electron chi connectivity index (χ2n) is 8.07. The van der Waals surface area contributed by atoms with Crippen molar-refractivity contribution in [3.8, 4) is 5.75 Å². The Morgan fingerprint density at radius 1 is 1.14 bits per heavy atom. The lowest BCUT2D eigenvalue weighted by Gasteiger charge is -2.43. The lowest BCUT2D eigenvalue weighted by atomic mass is 9.99. The molecule has 0 radical (unpaired) electrons. The first-order chi connectivity index (χ1) is 13.2. The highest BCUT2D eigenvalue weighted by Crippen LogP contribution is 2.39. The fraction of sp³-hybridized carbons (Fsp3) is 0.429. The van der Waals surface area contributed by atoms with Crippen LogP contribution in [0.4, 0.5) is 4.39 Å². The van der Waals surface area contributed by atoms with Crippen molar-refractivity contribution in [2.24, 2.45) is 0 Å². The maximum atomic E-state index is 13.1. The van der Waals surface area contributed by atoms with Gasteiger partial charge in [-0.1, -0.05) is 12.1 Å². The minimum Gasteiger partial charge on any atom is -0.505 e. The number of aromatic nitrogens is 1.